The van der Waals surface area contributed by atoms with E-state index in [0.29, 0.717) is 11.7 Å². The molecule has 0 aliphatic carbocycles. The Labute approximate surface area is 135 Å². The summed E-state index contributed by atoms with van der Waals surface area (Å²) in [5.41, 5.74) is 2.08. The van der Waals surface area contributed by atoms with Crippen molar-refractivity contribution in [3.05, 3.63) is 35.7 Å². The number of aromatic nitrogens is 3. The fourth-order valence-corrected chi connectivity index (χ4v) is 2.85. The largest absolute Gasteiger partial charge is 0.325 e. The van der Waals surface area contributed by atoms with Crippen LogP contribution in [-0.2, 0) is 11.8 Å². The topological polar surface area (TPSA) is 59.8 Å². The van der Waals surface area contributed by atoms with Gasteiger partial charge in [0.05, 0.1) is 5.75 Å². The Morgan fingerprint density at radius 1 is 1.36 bits per heavy atom. The molecule has 22 heavy (non-hydrogen) atoms. The van der Waals surface area contributed by atoms with Gasteiger partial charge in [-0.05, 0) is 30.9 Å². The molecule has 118 valence electrons. The Bertz CT molecular complexity index is 653. The SMILES string of the molecule is CC[C@H](C)c1ccccc1NC(=O)CSc1nnc(C)n1C. The Morgan fingerprint density at radius 3 is 2.73 bits per heavy atom. The molecule has 1 atom stereocenters. The van der Waals surface area contributed by atoms with Crippen molar-refractivity contribution >= 4 is 23.4 Å². The Morgan fingerprint density at radius 2 is 2.09 bits per heavy atom. The van der Waals surface area contributed by atoms with Gasteiger partial charge in [-0.3, -0.25) is 4.79 Å². The molecule has 1 aromatic heterocycles. The molecule has 2 aromatic rings. The predicted octanol–water partition coefficient (Wildman–Crippen LogP) is 3.37. The van der Waals surface area contributed by atoms with Crippen LogP contribution in [0.3, 0.4) is 0 Å². The van der Waals surface area contributed by atoms with E-state index >= 15 is 0 Å². The second-order valence-electron chi connectivity index (χ2n) is 5.32. The van der Waals surface area contributed by atoms with E-state index < -0.39 is 0 Å². The number of benzene rings is 1. The van der Waals surface area contributed by atoms with Crippen LogP contribution >= 0.6 is 11.8 Å². The molecular formula is C16H22N4OS. The van der Waals surface area contributed by atoms with Gasteiger partial charge in [-0.1, -0.05) is 43.8 Å². The first kappa shape index (κ1) is 16.5. The molecule has 0 aliphatic heterocycles. The van der Waals surface area contributed by atoms with E-state index in [0.717, 1.165) is 23.1 Å². The monoisotopic (exact) mass is 318 g/mol. The zero-order chi connectivity index (χ0) is 16.1. The van der Waals surface area contributed by atoms with Gasteiger partial charge in [-0.2, -0.15) is 0 Å². The lowest BCUT2D eigenvalue weighted by Crippen LogP contribution is -2.16. The second-order valence-corrected chi connectivity index (χ2v) is 6.26. The van der Waals surface area contributed by atoms with Crippen LogP contribution in [0.2, 0.25) is 0 Å². The summed E-state index contributed by atoms with van der Waals surface area (Å²) in [6, 6.07) is 7.98. The minimum absolute atomic E-state index is 0.0265. The van der Waals surface area contributed by atoms with Crippen molar-refractivity contribution in [2.45, 2.75) is 38.3 Å². The van der Waals surface area contributed by atoms with Gasteiger partial charge in [0.15, 0.2) is 5.16 Å². The Hall–Kier alpha value is -1.82. The standard InChI is InChI=1S/C16H22N4OS/c1-5-11(2)13-8-6-7-9-14(13)17-15(21)10-22-16-19-18-12(3)20(16)4/h6-9,11H,5,10H2,1-4H3,(H,17,21)/t11-/m0/s1. The highest BCUT2D eigenvalue weighted by atomic mass is 32.2. The summed E-state index contributed by atoms with van der Waals surface area (Å²) in [7, 11) is 1.90. The summed E-state index contributed by atoms with van der Waals surface area (Å²) in [5.74, 6) is 1.55. The number of nitrogens with zero attached hydrogens (tertiary/aromatic N) is 3. The van der Waals surface area contributed by atoms with Gasteiger partial charge >= 0.3 is 0 Å². The molecule has 1 amide bonds. The van der Waals surface area contributed by atoms with E-state index in [-0.39, 0.29) is 5.91 Å². The van der Waals surface area contributed by atoms with Gasteiger partial charge < -0.3 is 9.88 Å². The van der Waals surface area contributed by atoms with Crippen LogP contribution in [0.15, 0.2) is 29.4 Å². The molecule has 0 saturated carbocycles. The zero-order valence-electron chi connectivity index (χ0n) is 13.5. The third kappa shape index (κ3) is 3.88. The Kier molecular flexibility index (Phi) is 5.60. The van der Waals surface area contributed by atoms with E-state index in [4.69, 9.17) is 0 Å². The summed E-state index contributed by atoms with van der Waals surface area (Å²) in [6.07, 6.45) is 1.04. The van der Waals surface area contributed by atoms with Crippen molar-refractivity contribution in [1.29, 1.82) is 0 Å². The Balaban J connectivity index is 1.99. The first-order chi connectivity index (χ1) is 10.5. The van der Waals surface area contributed by atoms with Gasteiger partial charge in [0, 0.05) is 12.7 Å². The lowest BCUT2D eigenvalue weighted by molar-refractivity contribution is -0.113. The summed E-state index contributed by atoms with van der Waals surface area (Å²) in [5, 5.41) is 11.8. The second kappa shape index (κ2) is 7.45. The van der Waals surface area contributed by atoms with Gasteiger partial charge in [-0.25, -0.2) is 0 Å². The van der Waals surface area contributed by atoms with Crippen molar-refractivity contribution in [2.24, 2.45) is 7.05 Å². The van der Waals surface area contributed by atoms with Crippen molar-refractivity contribution < 1.29 is 4.79 Å². The zero-order valence-corrected chi connectivity index (χ0v) is 14.3. The first-order valence-corrected chi connectivity index (χ1v) is 8.39. The normalized spacial score (nSPS) is 12.2. The molecule has 1 heterocycles. The minimum Gasteiger partial charge on any atom is -0.325 e. The number of carbonyl (C=O) groups is 1. The van der Waals surface area contributed by atoms with E-state index in [2.05, 4.69) is 35.4 Å². The van der Waals surface area contributed by atoms with Crippen molar-refractivity contribution in [1.82, 2.24) is 14.8 Å². The molecule has 0 saturated heterocycles. The van der Waals surface area contributed by atoms with Crippen molar-refractivity contribution in [2.75, 3.05) is 11.1 Å². The molecule has 1 aromatic carbocycles. The predicted molar refractivity (Wildman–Crippen MR) is 90.2 cm³/mol. The number of aryl methyl sites for hydroxylation is 1. The minimum atomic E-state index is -0.0265. The first-order valence-electron chi connectivity index (χ1n) is 7.40. The lowest BCUT2D eigenvalue weighted by Gasteiger charge is -2.15. The average molecular weight is 318 g/mol. The molecular weight excluding hydrogens is 296 g/mol. The summed E-state index contributed by atoms with van der Waals surface area (Å²) in [6.45, 7) is 6.21. The molecule has 2 rings (SSSR count). The molecule has 5 nitrogen and oxygen atoms in total. The number of anilines is 1. The number of carbonyl (C=O) groups excluding carboxylic acids is 1. The fraction of sp³-hybridized carbons (Fsp3) is 0.438. The molecule has 1 N–H and O–H groups in total. The molecule has 0 aliphatic rings. The number of nitrogens with one attached hydrogen (secondary N) is 1. The van der Waals surface area contributed by atoms with Crippen LogP contribution in [0.1, 0.15) is 37.6 Å². The fourth-order valence-electron chi connectivity index (χ4n) is 2.09. The maximum absolute atomic E-state index is 12.2. The quantitative estimate of drug-likeness (QED) is 0.830. The smallest absolute Gasteiger partial charge is 0.234 e. The third-order valence-electron chi connectivity index (χ3n) is 3.76. The van der Waals surface area contributed by atoms with E-state index in [1.807, 2.05) is 36.7 Å². The van der Waals surface area contributed by atoms with Crippen LogP contribution in [-0.4, -0.2) is 26.4 Å². The van der Waals surface area contributed by atoms with Gasteiger partial charge in [-0.15, -0.1) is 10.2 Å². The number of rotatable bonds is 6. The molecule has 0 spiro atoms. The number of para-hydroxylation sites is 1. The van der Waals surface area contributed by atoms with Crippen molar-refractivity contribution in [3.63, 3.8) is 0 Å². The molecule has 6 heteroatoms. The maximum Gasteiger partial charge on any atom is 0.234 e. The highest BCUT2D eigenvalue weighted by molar-refractivity contribution is 7.99. The highest BCUT2D eigenvalue weighted by Gasteiger charge is 2.13. The summed E-state index contributed by atoms with van der Waals surface area (Å²) < 4.78 is 1.88. The highest BCUT2D eigenvalue weighted by Crippen LogP contribution is 2.26. The van der Waals surface area contributed by atoms with Crippen LogP contribution in [0.4, 0.5) is 5.69 Å². The molecule has 0 bridgehead atoms. The van der Waals surface area contributed by atoms with Crippen LogP contribution in [0.25, 0.3) is 0 Å². The maximum atomic E-state index is 12.2. The van der Waals surface area contributed by atoms with Crippen molar-refractivity contribution in [3.8, 4) is 0 Å². The van der Waals surface area contributed by atoms with Crippen LogP contribution in [0.5, 0.6) is 0 Å². The van der Waals surface area contributed by atoms with Crippen LogP contribution < -0.4 is 5.32 Å². The number of thioether (sulfide) groups is 1. The van der Waals surface area contributed by atoms with Gasteiger partial charge in [0.25, 0.3) is 0 Å². The van der Waals surface area contributed by atoms with Gasteiger partial charge in [0.1, 0.15) is 5.82 Å². The summed E-state index contributed by atoms with van der Waals surface area (Å²) >= 11 is 1.39. The van der Waals surface area contributed by atoms with Gasteiger partial charge in [0.2, 0.25) is 5.91 Å². The molecule has 0 radical (unpaired) electrons. The van der Waals surface area contributed by atoms with Crippen LogP contribution in [0, 0.1) is 6.92 Å². The lowest BCUT2D eigenvalue weighted by atomic mass is 9.97. The molecule has 0 fully saturated rings. The number of hydrogen-bond donors (Lipinski definition) is 1. The summed E-state index contributed by atoms with van der Waals surface area (Å²) in [4.78, 5) is 12.2. The van der Waals surface area contributed by atoms with E-state index in [1.165, 1.54) is 17.3 Å². The van der Waals surface area contributed by atoms with E-state index in [1.54, 1.807) is 0 Å². The molecule has 0 unspecified atom stereocenters. The number of amides is 1. The number of hydrogen-bond acceptors (Lipinski definition) is 4. The van der Waals surface area contributed by atoms with E-state index in [9.17, 15) is 4.79 Å². The third-order valence-corrected chi connectivity index (χ3v) is 4.78. The average Bonchev–Trinajstić information content (AvgIpc) is 2.84.